The van der Waals surface area contributed by atoms with Gasteiger partial charge in [0.15, 0.2) is 0 Å². The maximum Gasteiger partial charge on any atom is 0.146 e. The van der Waals surface area contributed by atoms with Crippen molar-refractivity contribution in [3.63, 3.8) is 0 Å². The van der Waals surface area contributed by atoms with E-state index in [4.69, 9.17) is 4.74 Å². The van der Waals surface area contributed by atoms with E-state index in [9.17, 15) is 0 Å². The van der Waals surface area contributed by atoms with Gasteiger partial charge in [0.2, 0.25) is 0 Å². The molecule has 0 heterocycles. The first-order valence-corrected chi connectivity index (χ1v) is 9.78. The summed E-state index contributed by atoms with van der Waals surface area (Å²) in [5, 5.41) is 3.38. The molecule has 1 saturated carbocycles. The summed E-state index contributed by atoms with van der Waals surface area (Å²) in [5.74, 6) is 1.79. The number of hydrogen-bond acceptors (Lipinski definition) is 2. The highest BCUT2D eigenvalue weighted by atomic mass is 127. The molecule has 5 heteroatoms. The van der Waals surface area contributed by atoms with Gasteiger partial charge in [-0.1, -0.05) is 0 Å². The summed E-state index contributed by atoms with van der Waals surface area (Å²) in [4.78, 5) is 0. The average molecular weight is 597 g/mol. The molecule has 2 nitrogen and oxygen atoms in total. The van der Waals surface area contributed by atoms with Gasteiger partial charge in [-0.2, -0.15) is 0 Å². The fourth-order valence-corrected chi connectivity index (χ4v) is 6.38. The highest BCUT2D eigenvalue weighted by Crippen LogP contribution is 2.31. The van der Waals surface area contributed by atoms with Gasteiger partial charge in [0.05, 0.1) is 13.7 Å². The minimum atomic E-state index is 0.717. The second-order valence-corrected chi connectivity index (χ2v) is 8.59. The molecule has 0 aliphatic heterocycles. The van der Waals surface area contributed by atoms with Crippen molar-refractivity contribution in [1.82, 2.24) is 5.32 Å². The van der Waals surface area contributed by atoms with Crippen LogP contribution in [-0.2, 0) is 0 Å². The maximum absolute atomic E-state index is 6.09. The second-order valence-electron chi connectivity index (χ2n) is 5.02. The van der Waals surface area contributed by atoms with Crippen molar-refractivity contribution < 1.29 is 4.74 Å². The fraction of sp³-hybridized carbons (Fsp3) is 0.571. The van der Waals surface area contributed by atoms with Crippen LogP contribution in [0.5, 0.6) is 5.75 Å². The Bertz CT molecular complexity index is 408. The molecule has 0 radical (unpaired) electrons. The van der Waals surface area contributed by atoms with E-state index in [0.717, 1.165) is 24.3 Å². The Kier molecular flexibility index (Phi) is 6.94. The molecule has 1 aliphatic carbocycles. The first-order valence-electron chi connectivity index (χ1n) is 6.54. The third kappa shape index (κ3) is 4.84. The SMILES string of the molecule is CNC1CCC(COc2c(I)cc(I)cc2I)CC1. The molecule has 1 aliphatic rings. The summed E-state index contributed by atoms with van der Waals surface area (Å²) in [6.45, 7) is 0.864. The Morgan fingerprint density at radius 1 is 1.11 bits per heavy atom. The quantitative estimate of drug-likeness (QED) is 0.511. The first-order chi connectivity index (χ1) is 9.10. The van der Waals surface area contributed by atoms with Crippen LogP contribution in [0.1, 0.15) is 25.7 Å². The van der Waals surface area contributed by atoms with Gasteiger partial charge in [0, 0.05) is 9.61 Å². The summed E-state index contributed by atoms with van der Waals surface area (Å²) in [7, 11) is 2.07. The summed E-state index contributed by atoms with van der Waals surface area (Å²) in [6, 6.07) is 5.07. The molecule has 1 aromatic carbocycles. The molecule has 106 valence electrons. The van der Waals surface area contributed by atoms with Crippen LogP contribution in [0.3, 0.4) is 0 Å². The zero-order valence-electron chi connectivity index (χ0n) is 10.9. The van der Waals surface area contributed by atoms with Crippen LogP contribution in [0.15, 0.2) is 12.1 Å². The number of halogens is 3. The summed E-state index contributed by atoms with van der Waals surface area (Å²) in [6.07, 6.45) is 5.13. The van der Waals surface area contributed by atoms with E-state index in [-0.39, 0.29) is 0 Å². The fourth-order valence-electron chi connectivity index (χ4n) is 2.49. The van der Waals surface area contributed by atoms with Crippen LogP contribution >= 0.6 is 67.8 Å². The second kappa shape index (κ2) is 7.98. The third-order valence-corrected chi connectivity index (χ3v) is 5.91. The molecule has 0 unspecified atom stereocenters. The number of benzene rings is 1. The van der Waals surface area contributed by atoms with Gasteiger partial charge in [0.1, 0.15) is 5.75 Å². The summed E-state index contributed by atoms with van der Waals surface area (Å²) >= 11 is 7.09. The van der Waals surface area contributed by atoms with Gasteiger partial charge in [-0.3, -0.25) is 0 Å². The molecule has 0 amide bonds. The van der Waals surface area contributed by atoms with E-state index in [1.54, 1.807) is 0 Å². The van der Waals surface area contributed by atoms with Gasteiger partial charge in [-0.05, 0) is 119 Å². The van der Waals surface area contributed by atoms with Crippen molar-refractivity contribution in [3.8, 4) is 5.75 Å². The molecule has 0 aromatic heterocycles. The Morgan fingerprint density at radius 3 is 2.21 bits per heavy atom. The summed E-state index contributed by atoms with van der Waals surface area (Å²) in [5.41, 5.74) is 0. The molecule has 1 N–H and O–H groups in total. The van der Waals surface area contributed by atoms with Gasteiger partial charge in [-0.25, -0.2) is 0 Å². The predicted molar refractivity (Wildman–Crippen MR) is 105 cm³/mol. The lowest BCUT2D eigenvalue weighted by Gasteiger charge is -2.28. The van der Waals surface area contributed by atoms with Crippen LogP contribution in [0.25, 0.3) is 0 Å². The zero-order chi connectivity index (χ0) is 13.8. The van der Waals surface area contributed by atoms with Crippen molar-refractivity contribution in [3.05, 3.63) is 22.8 Å². The van der Waals surface area contributed by atoms with Gasteiger partial charge >= 0.3 is 0 Å². The van der Waals surface area contributed by atoms with E-state index in [1.165, 1.54) is 36.4 Å². The normalized spacial score (nSPS) is 23.4. The minimum absolute atomic E-state index is 0.717. The average Bonchev–Trinajstić information content (AvgIpc) is 2.38. The molecule has 0 saturated heterocycles. The Morgan fingerprint density at radius 2 is 1.68 bits per heavy atom. The van der Waals surface area contributed by atoms with Crippen molar-refractivity contribution in [2.45, 2.75) is 31.7 Å². The molecule has 1 fully saturated rings. The van der Waals surface area contributed by atoms with Crippen LogP contribution in [0.2, 0.25) is 0 Å². The molecule has 2 rings (SSSR count). The number of nitrogens with one attached hydrogen (secondary N) is 1. The first kappa shape index (κ1) is 16.5. The molecule has 0 bridgehead atoms. The lowest BCUT2D eigenvalue weighted by Crippen LogP contribution is -2.31. The Balaban J connectivity index is 1.89. The van der Waals surface area contributed by atoms with Crippen LogP contribution in [-0.4, -0.2) is 19.7 Å². The number of ether oxygens (including phenoxy) is 1. The summed E-state index contributed by atoms with van der Waals surface area (Å²) < 4.78 is 9.80. The Hall–Kier alpha value is 1.17. The van der Waals surface area contributed by atoms with Crippen molar-refractivity contribution in [2.75, 3.05) is 13.7 Å². The topological polar surface area (TPSA) is 21.3 Å². The standard InChI is InChI=1S/C14H18I3NO/c1-18-11-4-2-9(3-5-11)8-19-14-12(16)6-10(15)7-13(14)17/h6-7,9,11,18H,2-5,8H2,1H3. The van der Waals surface area contributed by atoms with Gasteiger partial charge in [-0.15, -0.1) is 0 Å². The number of rotatable bonds is 4. The highest BCUT2D eigenvalue weighted by molar-refractivity contribution is 14.1. The Labute approximate surface area is 156 Å². The molecule has 0 atom stereocenters. The van der Waals surface area contributed by atoms with E-state index in [0.29, 0.717) is 0 Å². The van der Waals surface area contributed by atoms with Crippen molar-refractivity contribution >= 4 is 67.8 Å². The van der Waals surface area contributed by atoms with Crippen LogP contribution in [0, 0.1) is 16.6 Å². The number of hydrogen-bond donors (Lipinski definition) is 1. The van der Waals surface area contributed by atoms with E-state index < -0.39 is 0 Å². The highest BCUT2D eigenvalue weighted by Gasteiger charge is 2.21. The minimum Gasteiger partial charge on any atom is -0.491 e. The maximum atomic E-state index is 6.09. The molecular formula is C14H18I3NO. The van der Waals surface area contributed by atoms with Crippen LogP contribution < -0.4 is 10.1 Å². The largest absolute Gasteiger partial charge is 0.491 e. The van der Waals surface area contributed by atoms with Gasteiger partial charge in [0.25, 0.3) is 0 Å². The predicted octanol–water partition coefficient (Wildman–Crippen LogP) is 4.66. The lowest BCUT2D eigenvalue weighted by atomic mass is 9.87. The molecule has 1 aromatic rings. The lowest BCUT2D eigenvalue weighted by molar-refractivity contribution is 0.192. The zero-order valence-corrected chi connectivity index (χ0v) is 17.4. The van der Waals surface area contributed by atoms with E-state index >= 15 is 0 Å². The monoisotopic (exact) mass is 597 g/mol. The van der Waals surface area contributed by atoms with E-state index in [1.807, 2.05) is 0 Å². The molecule has 0 spiro atoms. The molecule has 19 heavy (non-hydrogen) atoms. The van der Waals surface area contributed by atoms with E-state index in [2.05, 4.69) is 92.3 Å². The van der Waals surface area contributed by atoms with Crippen molar-refractivity contribution in [1.29, 1.82) is 0 Å². The van der Waals surface area contributed by atoms with Gasteiger partial charge < -0.3 is 10.1 Å². The van der Waals surface area contributed by atoms with Crippen molar-refractivity contribution in [2.24, 2.45) is 5.92 Å². The third-order valence-electron chi connectivity index (χ3n) is 3.68. The molecular weight excluding hydrogens is 579 g/mol. The smallest absolute Gasteiger partial charge is 0.146 e. The van der Waals surface area contributed by atoms with Crippen LogP contribution in [0.4, 0.5) is 0 Å².